The SMILES string of the molecule is Cc1ncc(N=[N+]=[N-])nc1C. The van der Waals surface area contributed by atoms with Crippen molar-refractivity contribution < 1.29 is 0 Å². The number of azide groups is 1. The molecule has 0 N–H and O–H groups in total. The maximum atomic E-state index is 8.07. The van der Waals surface area contributed by atoms with Crippen LogP contribution in [0.4, 0.5) is 5.82 Å². The van der Waals surface area contributed by atoms with Gasteiger partial charge in [-0.25, -0.2) is 4.98 Å². The molecule has 0 spiro atoms. The number of aromatic nitrogens is 2. The maximum absolute atomic E-state index is 8.07. The summed E-state index contributed by atoms with van der Waals surface area (Å²) in [6.07, 6.45) is 1.45. The van der Waals surface area contributed by atoms with Crippen LogP contribution in [0.25, 0.3) is 10.4 Å². The second-order valence-corrected chi connectivity index (χ2v) is 2.09. The highest BCUT2D eigenvalue weighted by Crippen LogP contribution is 2.08. The highest BCUT2D eigenvalue weighted by Gasteiger charge is 1.95. The lowest BCUT2D eigenvalue weighted by Crippen LogP contribution is -1.89. The van der Waals surface area contributed by atoms with Gasteiger partial charge in [-0.2, -0.15) is 0 Å². The van der Waals surface area contributed by atoms with E-state index in [4.69, 9.17) is 5.53 Å². The van der Waals surface area contributed by atoms with E-state index in [9.17, 15) is 0 Å². The Balaban J connectivity index is 3.14. The zero-order valence-electron chi connectivity index (χ0n) is 6.31. The molecule has 1 rings (SSSR count). The van der Waals surface area contributed by atoms with Crippen molar-refractivity contribution in [3.63, 3.8) is 0 Å². The van der Waals surface area contributed by atoms with E-state index in [1.807, 2.05) is 13.8 Å². The molecule has 0 radical (unpaired) electrons. The molecule has 11 heavy (non-hydrogen) atoms. The second kappa shape index (κ2) is 2.98. The van der Waals surface area contributed by atoms with Crippen molar-refractivity contribution in [1.29, 1.82) is 0 Å². The zero-order chi connectivity index (χ0) is 8.27. The molecule has 0 saturated heterocycles. The van der Waals surface area contributed by atoms with Crippen molar-refractivity contribution in [3.05, 3.63) is 28.0 Å². The van der Waals surface area contributed by atoms with Gasteiger partial charge in [0.15, 0.2) is 0 Å². The van der Waals surface area contributed by atoms with Crippen LogP contribution in [0.5, 0.6) is 0 Å². The summed E-state index contributed by atoms with van der Waals surface area (Å²) in [5.74, 6) is 0.315. The minimum Gasteiger partial charge on any atom is -0.258 e. The molecular formula is C6H7N5. The minimum atomic E-state index is 0.315. The monoisotopic (exact) mass is 149 g/mol. The average molecular weight is 149 g/mol. The fraction of sp³-hybridized carbons (Fsp3) is 0.333. The van der Waals surface area contributed by atoms with E-state index in [1.165, 1.54) is 6.20 Å². The number of nitrogens with zero attached hydrogens (tertiary/aromatic N) is 5. The third-order valence-electron chi connectivity index (χ3n) is 1.33. The van der Waals surface area contributed by atoms with Gasteiger partial charge in [0.25, 0.3) is 0 Å². The van der Waals surface area contributed by atoms with Crippen molar-refractivity contribution in [1.82, 2.24) is 9.97 Å². The Labute approximate surface area is 63.7 Å². The minimum absolute atomic E-state index is 0.315. The van der Waals surface area contributed by atoms with E-state index in [1.54, 1.807) is 0 Å². The molecule has 0 fully saturated rings. The van der Waals surface area contributed by atoms with Gasteiger partial charge >= 0.3 is 0 Å². The quantitative estimate of drug-likeness (QED) is 0.348. The highest BCUT2D eigenvalue weighted by atomic mass is 15.2. The van der Waals surface area contributed by atoms with Gasteiger partial charge in [0.1, 0.15) is 5.82 Å². The van der Waals surface area contributed by atoms with E-state index in [2.05, 4.69) is 20.0 Å². The second-order valence-electron chi connectivity index (χ2n) is 2.09. The summed E-state index contributed by atoms with van der Waals surface area (Å²) in [7, 11) is 0. The van der Waals surface area contributed by atoms with Crippen molar-refractivity contribution in [3.8, 4) is 0 Å². The Hall–Kier alpha value is -1.61. The first-order chi connectivity index (χ1) is 5.24. The van der Waals surface area contributed by atoms with Crippen LogP contribution in [0.3, 0.4) is 0 Å². The lowest BCUT2D eigenvalue weighted by Gasteiger charge is -1.96. The molecule has 0 unspecified atom stereocenters. The van der Waals surface area contributed by atoms with Crippen LogP contribution in [-0.4, -0.2) is 9.97 Å². The van der Waals surface area contributed by atoms with Crippen molar-refractivity contribution in [2.75, 3.05) is 0 Å². The smallest absolute Gasteiger partial charge is 0.145 e. The molecule has 0 amide bonds. The molecule has 56 valence electrons. The normalized spacial score (nSPS) is 8.91. The molecule has 1 heterocycles. The van der Waals surface area contributed by atoms with Gasteiger partial charge in [0, 0.05) is 4.91 Å². The fourth-order valence-corrected chi connectivity index (χ4v) is 0.624. The van der Waals surface area contributed by atoms with Gasteiger partial charge in [-0.05, 0) is 24.5 Å². The first-order valence-corrected chi connectivity index (χ1v) is 3.09. The standard InChI is InChI=1S/C6H7N5/c1-4-5(2)9-6(3-8-4)10-11-7/h3H,1-2H3. The summed E-state index contributed by atoms with van der Waals surface area (Å²) in [6, 6.07) is 0. The van der Waals surface area contributed by atoms with Gasteiger partial charge in [0.2, 0.25) is 0 Å². The first kappa shape index (κ1) is 7.50. The van der Waals surface area contributed by atoms with E-state index in [0.717, 1.165) is 11.4 Å². The topological polar surface area (TPSA) is 74.5 Å². The van der Waals surface area contributed by atoms with Crippen LogP contribution in [0, 0.1) is 13.8 Å². The lowest BCUT2D eigenvalue weighted by molar-refractivity contribution is 1.04. The van der Waals surface area contributed by atoms with Crippen molar-refractivity contribution in [2.45, 2.75) is 13.8 Å². The molecule has 0 saturated carbocycles. The molecule has 0 aliphatic carbocycles. The molecule has 1 aromatic rings. The Morgan fingerprint density at radius 2 is 2.18 bits per heavy atom. The van der Waals surface area contributed by atoms with E-state index in [0.29, 0.717) is 5.82 Å². The van der Waals surface area contributed by atoms with Crippen LogP contribution < -0.4 is 0 Å². The van der Waals surface area contributed by atoms with E-state index < -0.39 is 0 Å². The van der Waals surface area contributed by atoms with Gasteiger partial charge < -0.3 is 0 Å². The van der Waals surface area contributed by atoms with Crippen molar-refractivity contribution >= 4 is 5.82 Å². The first-order valence-electron chi connectivity index (χ1n) is 3.09. The van der Waals surface area contributed by atoms with Crippen LogP contribution in [-0.2, 0) is 0 Å². The zero-order valence-corrected chi connectivity index (χ0v) is 6.31. The van der Waals surface area contributed by atoms with E-state index in [-0.39, 0.29) is 0 Å². The summed E-state index contributed by atoms with van der Waals surface area (Å²) >= 11 is 0. The van der Waals surface area contributed by atoms with E-state index >= 15 is 0 Å². The summed E-state index contributed by atoms with van der Waals surface area (Å²) < 4.78 is 0. The molecule has 1 aromatic heterocycles. The summed E-state index contributed by atoms with van der Waals surface area (Å²) in [4.78, 5) is 10.5. The maximum Gasteiger partial charge on any atom is 0.145 e. The number of aryl methyl sites for hydroxylation is 2. The third-order valence-corrected chi connectivity index (χ3v) is 1.33. The molecule has 0 aromatic carbocycles. The Kier molecular flexibility index (Phi) is 2.03. The Morgan fingerprint density at radius 1 is 1.45 bits per heavy atom. The van der Waals surface area contributed by atoms with Crippen LogP contribution in [0.1, 0.15) is 11.4 Å². The van der Waals surface area contributed by atoms with Crippen molar-refractivity contribution in [2.24, 2.45) is 5.11 Å². The average Bonchev–Trinajstić information content (AvgIpc) is 1.98. The molecule has 0 bridgehead atoms. The largest absolute Gasteiger partial charge is 0.258 e. The number of hydrogen-bond acceptors (Lipinski definition) is 3. The number of rotatable bonds is 1. The number of hydrogen-bond donors (Lipinski definition) is 0. The lowest BCUT2D eigenvalue weighted by atomic mass is 10.3. The molecule has 0 aliphatic heterocycles. The third kappa shape index (κ3) is 1.65. The molecule has 5 heteroatoms. The van der Waals surface area contributed by atoms with Crippen LogP contribution in [0.15, 0.2) is 11.3 Å². The van der Waals surface area contributed by atoms with Gasteiger partial charge in [-0.15, -0.1) is 0 Å². The van der Waals surface area contributed by atoms with Crippen LogP contribution >= 0.6 is 0 Å². The van der Waals surface area contributed by atoms with Gasteiger partial charge in [-0.3, -0.25) is 4.98 Å². The van der Waals surface area contributed by atoms with Gasteiger partial charge in [0.05, 0.1) is 17.6 Å². The molecule has 0 atom stereocenters. The summed E-state index contributed by atoms with van der Waals surface area (Å²) in [6.45, 7) is 3.67. The Bertz CT molecular complexity index is 313. The van der Waals surface area contributed by atoms with Gasteiger partial charge in [-0.1, -0.05) is 0 Å². The fourth-order valence-electron chi connectivity index (χ4n) is 0.624. The highest BCUT2D eigenvalue weighted by molar-refractivity contribution is 5.25. The molecule has 5 nitrogen and oxygen atoms in total. The summed E-state index contributed by atoms with van der Waals surface area (Å²) in [5, 5.41) is 3.32. The Morgan fingerprint density at radius 3 is 2.73 bits per heavy atom. The summed E-state index contributed by atoms with van der Waals surface area (Å²) in [5.41, 5.74) is 9.71. The van der Waals surface area contributed by atoms with Crippen LogP contribution in [0.2, 0.25) is 0 Å². The molecule has 0 aliphatic rings. The predicted molar refractivity (Wildman–Crippen MR) is 40.3 cm³/mol. The molecular weight excluding hydrogens is 142 g/mol. The predicted octanol–water partition coefficient (Wildman–Crippen LogP) is 2.04.